The molecule has 0 aromatic carbocycles. The first-order valence-corrected chi connectivity index (χ1v) is 5.40. The Balaban J connectivity index is 2.22. The third-order valence-corrected chi connectivity index (χ3v) is 2.60. The van der Waals surface area contributed by atoms with E-state index in [2.05, 4.69) is 4.98 Å². The van der Waals surface area contributed by atoms with Gasteiger partial charge in [-0.15, -0.1) is 0 Å². The minimum Gasteiger partial charge on any atom is -0.464 e. The zero-order chi connectivity index (χ0) is 11.5. The summed E-state index contributed by atoms with van der Waals surface area (Å²) in [6, 6.07) is 3.76. The van der Waals surface area contributed by atoms with Gasteiger partial charge < -0.3 is 14.4 Å². The van der Waals surface area contributed by atoms with Crippen LogP contribution >= 0.6 is 0 Å². The maximum atomic E-state index is 9.26. The quantitative estimate of drug-likeness (QED) is 0.856. The molecule has 1 unspecified atom stereocenters. The third-order valence-electron chi connectivity index (χ3n) is 2.60. The molecule has 86 valence electrons. The van der Waals surface area contributed by atoms with Gasteiger partial charge in [0.1, 0.15) is 11.4 Å². The highest BCUT2D eigenvalue weighted by Crippen LogP contribution is 2.24. The Bertz CT molecular complexity index is 465. The number of aromatic nitrogens is 1. The average Bonchev–Trinajstić information content (AvgIpc) is 2.73. The molecular formula is C12H16N2O2. The van der Waals surface area contributed by atoms with Gasteiger partial charge in [0, 0.05) is 19.8 Å². The number of hydrogen-bond acceptors (Lipinski definition) is 4. The smallest absolute Gasteiger partial charge is 0.139 e. The van der Waals surface area contributed by atoms with E-state index in [1.54, 1.807) is 19.4 Å². The van der Waals surface area contributed by atoms with Gasteiger partial charge in [0.15, 0.2) is 0 Å². The third kappa shape index (κ3) is 2.17. The van der Waals surface area contributed by atoms with Gasteiger partial charge >= 0.3 is 0 Å². The number of fused-ring (bicyclic) bond motifs is 1. The van der Waals surface area contributed by atoms with Crippen molar-refractivity contribution < 1.29 is 9.52 Å². The van der Waals surface area contributed by atoms with E-state index in [1.807, 2.05) is 24.1 Å². The molecule has 0 spiro atoms. The van der Waals surface area contributed by atoms with E-state index in [4.69, 9.17) is 4.42 Å². The molecule has 4 heteroatoms. The summed E-state index contributed by atoms with van der Waals surface area (Å²) in [6.45, 7) is 2.56. The summed E-state index contributed by atoms with van der Waals surface area (Å²) in [4.78, 5) is 6.37. The standard InChI is InChI=1S/C12H16N2O2/c1-9(15)4-7-14(2)12-10-5-8-16-11(10)3-6-13-12/h3,5-6,8-9,15H,4,7H2,1-2H3. The average molecular weight is 220 g/mol. The predicted octanol–water partition coefficient (Wildman–Crippen LogP) is 2.03. The summed E-state index contributed by atoms with van der Waals surface area (Å²) in [5, 5.41) is 10.3. The number of nitrogens with zero attached hydrogens (tertiary/aromatic N) is 2. The number of rotatable bonds is 4. The molecule has 0 saturated carbocycles. The van der Waals surface area contributed by atoms with Crippen molar-refractivity contribution in [3.05, 3.63) is 24.6 Å². The van der Waals surface area contributed by atoms with E-state index in [0.29, 0.717) is 0 Å². The van der Waals surface area contributed by atoms with Gasteiger partial charge in [0.05, 0.1) is 17.8 Å². The highest BCUT2D eigenvalue weighted by Gasteiger charge is 2.09. The summed E-state index contributed by atoms with van der Waals surface area (Å²) in [6.07, 6.45) is 3.84. The maximum Gasteiger partial charge on any atom is 0.139 e. The first kappa shape index (κ1) is 11.0. The lowest BCUT2D eigenvalue weighted by molar-refractivity contribution is 0.187. The number of hydrogen-bond donors (Lipinski definition) is 1. The lowest BCUT2D eigenvalue weighted by Crippen LogP contribution is -2.22. The zero-order valence-electron chi connectivity index (χ0n) is 9.55. The lowest BCUT2D eigenvalue weighted by atomic mass is 10.2. The molecule has 2 rings (SSSR count). The van der Waals surface area contributed by atoms with Crippen molar-refractivity contribution in [2.75, 3.05) is 18.5 Å². The minimum atomic E-state index is -0.286. The van der Waals surface area contributed by atoms with Gasteiger partial charge in [-0.1, -0.05) is 0 Å². The molecule has 4 nitrogen and oxygen atoms in total. The van der Waals surface area contributed by atoms with Gasteiger partial charge in [0.2, 0.25) is 0 Å². The van der Waals surface area contributed by atoms with Crippen molar-refractivity contribution in [3.8, 4) is 0 Å². The van der Waals surface area contributed by atoms with Gasteiger partial charge in [-0.25, -0.2) is 4.98 Å². The fourth-order valence-corrected chi connectivity index (χ4v) is 1.67. The van der Waals surface area contributed by atoms with Crippen LogP contribution in [0, 0.1) is 0 Å². The van der Waals surface area contributed by atoms with Crippen molar-refractivity contribution in [1.29, 1.82) is 0 Å². The van der Waals surface area contributed by atoms with Crippen LogP contribution in [0.15, 0.2) is 29.0 Å². The fraction of sp³-hybridized carbons (Fsp3) is 0.417. The summed E-state index contributed by atoms with van der Waals surface area (Å²) in [5.41, 5.74) is 0.842. The van der Waals surface area contributed by atoms with E-state index in [9.17, 15) is 5.11 Å². The predicted molar refractivity (Wildman–Crippen MR) is 63.6 cm³/mol. The Labute approximate surface area is 94.5 Å². The minimum absolute atomic E-state index is 0.286. The number of aliphatic hydroxyl groups is 1. The van der Waals surface area contributed by atoms with E-state index < -0.39 is 0 Å². The molecule has 0 aliphatic heterocycles. The molecule has 0 saturated heterocycles. The molecule has 0 aliphatic carbocycles. The Morgan fingerprint density at radius 2 is 2.31 bits per heavy atom. The zero-order valence-corrected chi connectivity index (χ0v) is 9.55. The van der Waals surface area contributed by atoms with E-state index in [-0.39, 0.29) is 6.10 Å². The van der Waals surface area contributed by atoms with Crippen molar-refractivity contribution in [3.63, 3.8) is 0 Å². The fourth-order valence-electron chi connectivity index (χ4n) is 1.67. The van der Waals surface area contributed by atoms with Gasteiger partial charge in [-0.3, -0.25) is 0 Å². The lowest BCUT2D eigenvalue weighted by Gasteiger charge is -2.19. The summed E-state index contributed by atoms with van der Waals surface area (Å²) in [5.74, 6) is 0.895. The number of furan rings is 1. The van der Waals surface area contributed by atoms with Gasteiger partial charge in [-0.05, 0) is 25.5 Å². The van der Waals surface area contributed by atoms with Crippen LogP contribution in [0.2, 0.25) is 0 Å². The van der Waals surface area contributed by atoms with Crippen LogP contribution < -0.4 is 4.90 Å². The van der Waals surface area contributed by atoms with Crippen molar-refractivity contribution in [2.24, 2.45) is 0 Å². The highest BCUT2D eigenvalue weighted by atomic mass is 16.3. The molecule has 0 amide bonds. The Morgan fingerprint density at radius 1 is 1.50 bits per heavy atom. The second-order valence-electron chi connectivity index (χ2n) is 4.03. The number of pyridine rings is 1. The Morgan fingerprint density at radius 3 is 3.06 bits per heavy atom. The second-order valence-corrected chi connectivity index (χ2v) is 4.03. The summed E-state index contributed by atoms with van der Waals surface area (Å²) < 4.78 is 5.32. The van der Waals surface area contributed by atoms with Crippen molar-refractivity contribution >= 4 is 16.8 Å². The molecule has 2 heterocycles. The summed E-state index contributed by atoms with van der Waals surface area (Å²) in [7, 11) is 1.97. The van der Waals surface area contributed by atoms with Crippen LogP contribution in [0.25, 0.3) is 11.0 Å². The first-order valence-electron chi connectivity index (χ1n) is 5.40. The van der Waals surface area contributed by atoms with E-state index >= 15 is 0 Å². The van der Waals surface area contributed by atoms with E-state index in [1.165, 1.54) is 0 Å². The highest BCUT2D eigenvalue weighted by molar-refractivity contribution is 5.88. The van der Waals surface area contributed by atoms with Crippen LogP contribution in [0.1, 0.15) is 13.3 Å². The molecule has 0 bridgehead atoms. The Kier molecular flexibility index (Phi) is 3.10. The monoisotopic (exact) mass is 220 g/mol. The second kappa shape index (κ2) is 4.53. The van der Waals surface area contributed by atoms with Gasteiger partial charge in [0.25, 0.3) is 0 Å². The van der Waals surface area contributed by atoms with Crippen LogP contribution in [-0.4, -0.2) is 29.8 Å². The van der Waals surface area contributed by atoms with Crippen LogP contribution in [-0.2, 0) is 0 Å². The SMILES string of the molecule is CC(O)CCN(C)c1nccc2occc12. The normalized spacial score (nSPS) is 12.9. The molecule has 1 atom stereocenters. The number of anilines is 1. The molecule has 0 fully saturated rings. The topological polar surface area (TPSA) is 49.5 Å². The van der Waals surface area contributed by atoms with Crippen molar-refractivity contribution in [1.82, 2.24) is 4.98 Å². The molecule has 16 heavy (non-hydrogen) atoms. The Hall–Kier alpha value is -1.55. The van der Waals surface area contributed by atoms with Crippen LogP contribution in [0.5, 0.6) is 0 Å². The maximum absolute atomic E-state index is 9.26. The van der Waals surface area contributed by atoms with Crippen LogP contribution in [0.3, 0.4) is 0 Å². The number of aliphatic hydroxyl groups excluding tert-OH is 1. The van der Waals surface area contributed by atoms with Crippen LogP contribution in [0.4, 0.5) is 5.82 Å². The first-order chi connectivity index (χ1) is 7.68. The molecule has 0 aliphatic rings. The molecule has 0 radical (unpaired) electrons. The largest absolute Gasteiger partial charge is 0.464 e. The molecule has 2 aromatic rings. The summed E-state index contributed by atoms with van der Waals surface area (Å²) >= 11 is 0. The molecular weight excluding hydrogens is 204 g/mol. The van der Waals surface area contributed by atoms with Gasteiger partial charge in [-0.2, -0.15) is 0 Å². The van der Waals surface area contributed by atoms with Crippen molar-refractivity contribution in [2.45, 2.75) is 19.4 Å². The van der Waals surface area contributed by atoms with E-state index in [0.717, 1.165) is 29.8 Å². The molecule has 1 N–H and O–H groups in total. The molecule has 2 aromatic heterocycles.